The second-order valence-electron chi connectivity index (χ2n) is 5.03. The van der Waals surface area contributed by atoms with E-state index in [4.69, 9.17) is 4.74 Å². The second kappa shape index (κ2) is 5.91. The maximum absolute atomic E-state index is 9.58. The number of nitrogens with zero attached hydrogens (tertiary/aromatic N) is 1. The van der Waals surface area contributed by atoms with Gasteiger partial charge in [-0.25, -0.2) is 4.98 Å². The Hall–Kier alpha value is -1.43. The first-order valence-electron chi connectivity index (χ1n) is 6.76. The number of aromatic hydroxyl groups is 1. The Balaban J connectivity index is 1.84. The fourth-order valence-corrected chi connectivity index (χ4v) is 3.07. The lowest BCUT2D eigenvalue weighted by Crippen LogP contribution is -2.15. The Morgan fingerprint density at radius 2 is 2.30 bits per heavy atom. The van der Waals surface area contributed by atoms with Gasteiger partial charge < -0.3 is 15.2 Å². The molecule has 106 valence electrons. The molecule has 1 aliphatic carbocycles. The summed E-state index contributed by atoms with van der Waals surface area (Å²) in [4.78, 5) is 5.87. The third kappa shape index (κ3) is 3.17. The van der Waals surface area contributed by atoms with Gasteiger partial charge in [0.1, 0.15) is 10.8 Å². The maximum Gasteiger partial charge on any atom is 0.124 e. The lowest BCUT2D eigenvalue weighted by molar-refractivity contribution is 0.181. The van der Waals surface area contributed by atoms with Crippen molar-refractivity contribution in [3.8, 4) is 16.3 Å². The summed E-state index contributed by atoms with van der Waals surface area (Å²) >= 11 is 1.67. The summed E-state index contributed by atoms with van der Waals surface area (Å²) in [5.41, 5.74) is 1.94. The molecule has 1 fully saturated rings. The van der Waals surface area contributed by atoms with Gasteiger partial charge in [0.25, 0.3) is 0 Å². The molecule has 4 nitrogen and oxygen atoms in total. The zero-order valence-electron chi connectivity index (χ0n) is 11.4. The summed E-state index contributed by atoms with van der Waals surface area (Å²) in [5, 5.41) is 14.0. The Labute approximate surface area is 122 Å². The number of aromatic nitrogens is 1. The van der Waals surface area contributed by atoms with Crippen LogP contribution in [0.25, 0.3) is 10.6 Å². The number of thiazole rings is 1. The molecule has 1 aromatic carbocycles. The first-order valence-corrected chi connectivity index (χ1v) is 7.58. The van der Waals surface area contributed by atoms with Crippen LogP contribution < -0.4 is 5.32 Å². The van der Waals surface area contributed by atoms with Crippen LogP contribution in [-0.2, 0) is 17.9 Å². The number of nitrogens with one attached hydrogen (secondary N) is 1. The smallest absolute Gasteiger partial charge is 0.124 e. The van der Waals surface area contributed by atoms with E-state index in [0.717, 1.165) is 22.8 Å². The third-order valence-corrected chi connectivity index (χ3v) is 4.43. The molecule has 0 amide bonds. The average molecular weight is 290 g/mol. The van der Waals surface area contributed by atoms with Gasteiger partial charge in [0.2, 0.25) is 0 Å². The van der Waals surface area contributed by atoms with Gasteiger partial charge in [0.05, 0.1) is 12.3 Å². The largest absolute Gasteiger partial charge is 0.508 e. The molecule has 1 aromatic heterocycles. The monoisotopic (exact) mass is 290 g/mol. The fourth-order valence-electron chi connectivity index (χ4n) is 2.06. The molecule has 1 heterocycles. The number of rotatable bonds is 6. The van der Waals surface area contributed by atoms with Crippen LogP contribution in [-0.4, -0.2) is 23.2 Å². The fraction of sp³-hybridized carbons (Fsp3) is 0.400. The normalized spacial score (nSPS) is 14.7. The number of hydrogen-bond acceptors (Lipinski definition) is 5. The van der Waals surface area contributed by atoms with E-state index in [1.54, 1.807) is 30.6 Å². The molecule has 0 radical (unpaired) electrons. The molecule has 0 spiro atoms. The van der Waals surface area contributed by atoms with Crippen molar-refractivity contribution in [2.75, 3.05) is 7.11 Å². The van der Waals surface area contributed by atoms with Crippen molar-refractivity contribution in [2.24, 2.45) is 0 Å². The zero-order chi connectivity index (χ0) is 13.9. The molecule has 0 bridgehead atoms. The summed E-state index contributed by atoms with van der Waals surface area (Å²) in [5.74, 6) is 0.267. The molecule has 20 heavy (non-hydrogen) atoms. The predicted octanol–water partition coefficient (Wildman–Crippen LogP) is 2.91. The van der Waals surface area contributed by atoms with Crippen LogP contribution in [0.4, 0.5) is 0 Å². The molecule has 2 aromatic rings. The van der Waals surface area contributed by atoms with Crippen LogP contribution in [0.1, 0.15) is 23.4 Å². The van der Waals surface area contributed by atoms with E-state index in [0.29, 0.717) is 12.6 Å². The number of phenolic OH excluding ortho intramolecular Hbond substituents is 1. The molecule has 0 aliphatic heterocycles. The molecule has 3 rings (SSSR count). The maximum atomic E-state index is 9.58. The van der Waals surface area contributed by atoms with Crippen LogP contribution in [0.2, 0.25) is 0 Å². The van der Waals surface area contributed by atoms with E-state index in [9.17, 15) is 5.11 Å². The molecule has 5 heteroatoms. The third-order valence-electron chi connectivity index (χ3n) is 3.28. The van der Waals surface area contributed by atoms with Crippen molar-refractivity contribution < 1.29 is 9.84 Å². The Kier molecular flexibility index (Phi) is 4.00. The van der Waals surface area contributed by atoms with Crippen molar-refractivity contribution in [1.82, 2.24) is 10.3 Å². The highest BCUT2D eigenvalue weighted by molar-refractivity contribution is 7.15. The van der Waals surface area contributed by atoms with Crippen LogP contribution >= 0.6 is 11.3 Å². The molecule has 1 saturated carbocycles. The minimum absolute atomic E-state index is 0.267. The van der Waals surface area contributed by atoms with Crippen LogP contribution in [0.15, 0.2) is 24.3 Å². The van der Waals surface area contributed by atoms with Crippen LogP contribution in [0.3, 0.4) is 0 Å². The first kappa shape index (κ1) is 13.5. The lowest BCUT2D eigenvalue weighted by atomic mass is 10.2. The van der Waals surface area contributed by atoms with Gasteiger partial charge >= 0.3 is 0 Å². The second-order valence-corrected chi connectivity index (χ2v) is 6.11. The minimum Gasteiger partial charge on any atom is -0.508 e. The highest BCUT2D eigenvalue weighted by Gasteiger charge is 2.21. The van der Waals surface area contributed by atoms with E-state index < -0.39 is 0 Å². The number of benzene rings is 1. The number of ether oxygens (including phenoxy) is 1. The quantitative estimate of drug-likeness (QED) is 0.859. The number of methoxy groups -OCH3 is 1. The summed E-state index contributed by atoms with van der Waals surface area (Å²) < 4.78 is 5.23. The van der Waals surface area contributed by atoms with Gasteiger partial charge in [-0.2, -0.15) is 0 Å². The van der Waals surface area contributed by atoms with Gasteiger partial charge in [0, 0.05) is 30.1 Å². The van der Waals surface area contributed by atoms with E-state index in [2.05, 4.69) is 10.3 Å². The van der Waals surface area contributed by atoms with Gasteiger partial charge in [-0.15, -0.1) is 11.3 Å². The van der Waals surface area contributed by atoms with E-state index >= 15 is 0 Å². The molecular weight excluding hydrogens is 272 g/mol. The van der Waals surface area contributed by atoms with Crippen molar-refractivity contribution >= 4 is 11.3 Å². The van der Waals surface area contributed by atoms with Gasteiger partial charge in [0.15, 0.2) is 0 Å². The minimum atomic E-state index is 0.267. The summed E-state index contributed by atoms with van der Waals surface area (Å²) in [7, 11) is 1.69. The van der Waals surface area contributed by atoms with Gasteiger partial charge in [-0.05, 0) is 25.0 Å². The van der Waals surface area contributed by atoms with Crippen molar-refractivity contribution in [3.05, 3.63) is 34.8 Å². The lowest BCUT2D eigenvalue weighted by Gasteiger charge is -2.02. The van der Waals surface area contributed by atoms with Gasteiger partial charge in [-0.1, -0.05) is 12.1 Å². The Morgan fingerprint density at radius 3 is 3.00 bits per heavy atom. The van der Waals surface area contributed by atoms with Crippen molar-refractivity contribution in [2.45, 2.75) is 32.0 Å². The van der Waals surface area contributed by atoms with Gasteiger partial charge in [-0.3, -0.25) is 0 Å². The van der Waals surface area contributed by atoms with Crippen molar-refractivity contribution in [3.63, 3.8) is 0 Å². The average Bonchev–Trinajstić information content (AvgIpc) is 3.18. The summed E-state index contributed by atoms with van der Waals surface area (Å²) in [6, 6.07) is 7.89. The predicted molar refractivity (Wildman–Crippen MR) is 79.8 cm³/mol. The molecule has 1 aliphatic rings. The topological polar surface area (TPSA) is 54.4 Å². The highest BCUT2D eigenvalue weighted by atomic mass is 32.1. The van der Waals surface area contributed by atoms with E-state index in [1.807, 2.05) is 12.1 Å². The highest BCUT2D eigenvalue weighted by Crippen LogP contribution is 2.31. The zero-order valence-corrected chi connectivity index (χ0v) is 12.2. The molecule has 0 atom stereocenters. The molecule has 0 saturated heterocycles. The van der Waals surface area contributed by atoms with Crippen LogP contribution in [0, 0.1) is 0 Å². The van der Waals surface area contributed by atoms with E-state index in [-0.39, 0.29) is 5.75 Å². The standard InChI is InChI=1S/C15H18N2O2S/c1-19-9-13-14(8-16-11-5-6-11)20-15(17-13)10-3-2-4-12(18)7-10/h2-4,7,11,16,18H,5-6,8-9H2,1H3. The SMILES string of the molecule is COCc1nc(-c2cccc(O)c2)sc1CNC1CC1. The number of hydrogen-bond donors (Lipinski definition) is 2. The molecule has 2 N–H and O–H groups in total. The molecule has 0 unspecified atom stereocenters. The van der Waals surface area contributed by atoms with Crippen LogP contribution in [0.5, 0.6) is 5.75 Å². The Bertz CT molecular complexity index is 593. The number of phenols is 1. The first-order chi connectivity index (χ1) is 9.76. The summed E-state index contributed by atoms with van der Waals surface area (Å²) in [6.45, 7) is 1.37. The van der Waals surface area contributed by atoms with Crippen molar-refractivity contribution in [1.29, 1.82) is 0 Å². The molecular formula is C15H18N2O2S. The summed E-state index contributed by atoms with van der Waals surface area (Å²) in [6.07, 6.45) is 2.55. The Morgan fingerprint density at radius 1 is 1.45 bits per heavy atom. The van der Waals surface area contributed by atoms with E-state index in [1.165, 1.54) is 17.7 Å².